The van der Waals surface area contributed by atoms with Crippen LogP contribution < -0.4 is 15.0 Å². The van der Waals surface area contributed by atoms with Gasteiger partial charge in [-0.25, -0.2) is 0 Å². The SMILES string of the molecule is CN=C(NCC1(c2ccccc2C)CCOCC1)N1CCN(c2ccccc2OC)CC1. The lowest BCUT2D eigenvalue weighted by Crippen LogP contribution is -2.55. The van der Waals surface area contributed by atoms with Crippen LogP contribution in [0.5, 0.6) is 5.75 Å². The van der Waals surface area contributed by atoms with Gasteiger partial charge in [0.15, 0.2) is 5.96 Å². The summed E-state index contributed by atoms with van der Waals surface area (Å²) in [4.78, 5) is 9.40. The number of benzene rings is 2. The van der Waals surface area contributed by atoms with Crippen molar-refractivity contribution in [3.8, 4) is 5.75 Å². The molecule has 0 saturated carbocycles. The van der Waals surface area contributed by atoms with Crippen LogP contribution >= 0.6 is 0 Å². The van der Waals surface area contributed by atoms with Gasteiger partial charge in [0.2, 0.25) is 0 Å². The second-order valence-corrected chi connectivity index (χ2v) is 8.75. The van der Waals surface area contributed by atoms with E-state index >= 15 is 0 Å². The minimum Gasteiger partial charge on any atom is -0.495 e. The van der Waals surface area contributed by atoms with Crippen LogP contribution in [-0.2, 0) is 10.2 Å². The zero-order valence-electron chi connectivity index (χ0n) is 19.6. The van der Waals surface area contributed by atoms with Crippen LogP contribution in [0.1, 0.15) is 24.0 Å². The first-order valence-corrected chi connectivity index (χ1v) is 11.6. The zero-order valence-corrected chi connectivity index (χ0v) is 19.6. The second-order valence-electron chi connectivity index (χ2n) is 8.75. The fourth-order valence-corrected chi connectivity index (χ4v) is 5.10. The molecule has 0 aromatic heterocycles. The van der Waals surface area contributed by atoms with Gasteiger partial charge in [0.25, 0.3) is 0 Å². The molecule has 2 aromatic carbocycles. The van der Waals surface area contributed by atoms with Gasteiger partial charge in [-0.1, -0.05) is 36.4 Å². The Bertz CT molecular complexity index is 916. The molecule has 172 valence electrons. The molecule has 2 heterocycles. The Morgan fingerprint density at radius 1 is 1.03 bits per heavy atom. The van der Waals surface area contributed by atoms with E-state index in [2.05, 4.69) is 63.4 Å². The molecule has 0 spiro atoms. The summed E-state index contributed by atoms with van der Waals surface area (Å²) in [7, 11) is 3.63. The zero-order chi connectivity index (χ0) is 22.4. The van der Waals surface area contributed by atoms with E-state index in [1.807, 2.05) is 19.2 Å². The van der Waals surface area contributed by atoms with Crippen LogP contribution in [0.3, 0.4) is 0 Å². The third-order valence-electron chi connectivity index (χ3n) is 6.97. The lowest BCUT2D eigenvalue weighted by atomic mass is 9.72. The van der Waals surface area contributed by atoms with E-state index in [4.69, 9.17) is 9.47 Å². The lowest BCUT2D eigenvalue weighted by Gasteiger charge is -2.41. The lowest BCUT2D eigenvalue weighted by molar-refractivity contribution is 0.0509. The predicted molar refractivity (Wildman–Crippen MR) is 131 cm³/mol. The molecule has 2 aromatic rings. The van der Waals surface area contributed by atoms with Gasteiger partial charge in [-0.05, 0) is 43.0 Å². The number of aryl methyl sites for hydroxylation is 1. The third kappa shape index (κ3) is 4.70. The molecule has 1 N–H and O–H groups in total. The van der Waals surface area contributed by atoms with Gasteiger partial charge in [-0.3, -0.25) is 4.99 Å². The van der Waals surface area contributed by atoms with Crippen LogP contribution in [0.4, 0.5) is 5.69 Å². The Labute approximate surface area is 192 Å². The number of ether oxygens (including phenoxy) is 2. The third-order valence-corrected chi connectivity index (χ3v) is 6.97. The van der Waals surface area contributed by atoms with Gasteiger partial charge in [0.05, 0.1) is 12.8 Å². The largest absolute Gasteiger partial charge is 0.495 e. The molecule has 2 aliphatic heterocycles. The number of nitrogens with one attached hydrogen (secondary N) is 1. The fourth-order valence-electron chi connectivity index (χ4n) is 5.10. The Morgan fingerprint density at radius 3 is 2.41 bits per heavy atom. The average Bonchev–Trinajstić information content (AvgIpc) is 2.85. The first-order chi connectivity index (χ1) is 15.7. The highest BCUT2D eigenvalue weighted by molar-refractivity contribution is 5.80. The van der Waals surface area contributed by atoms with Gasteiger partial charge < -0.3 is 24.6 Å². The highest BCUT2D eigenvalue weighted by Crippen LogP contribution is 2.36. The van der Waals surface area contributed by atoms with E-state index in [1.165, 1.54) is 16.8 Å². The van der Waals surface area contributed by atoms with Gasteiger partial charge >= 0.3 is 0 Å². The molecule has 32 heavy (non-hydrogen) atoms. The van der Waals surface area contributed by atoms with Crippen molar-refractivity contribution in [1.29, 1.82) is 0 Å². The second kappa shape index (κ2) is 10.3. The first-order valence-electron chi connectivity index (χ1n) is 11.6. The molecule has 0 aliphatic carbocycles. The summed E-state index contributed by atoms with van der Waals surface area (Å²) in [6.45, 7) is 8.46. The monoisotopic (exact) mass is 436 g/mol. The highest BCUT2D eigenvalue weighted by Gasteiger charge is 2.36. The Hall–Kier alpha value is -2.73. The molecule has 6 heteroatoms. The Kier molecular flexibility index (Phi) is 7.20. The van der Waals surface area contributed by atoms with Crippen molar-refractivity contribution in [1.82, 2.24) is 10.2 Å². The van der Waals surface area contributed by atoms with Crippen LogP contribution in [0.2, 0.25) is 0 Å². The summed E-state index contributed by atoms with van der Waals surface area (Å²) in [5.41, 5.74) is 4.04. The standard InChI is InChI=1S/C26H36N4O2/c1-21-8-4-5-9-22(21)26(12-18-32-19-13-26)20-28-25(27-2)30-16-14-29(15-17-30)23-10-6-7-11-24(23)31-3/h4-11H,12-20H2,1-3H3,(H,27,28). The molecular formula is C26H36N4O2. The van der Waals surface area contributed by atoms with Crippen LogP contribution in [-0.4, -0.2) is 71.0 Å². The van der Waals surface area contributed by atoms with Gasteiger partial charge in [-0.15, -0.1) is 0 Å². The average molecular weight is 437 g/mol. The number of aliphatic imine (C=N–C) groups is 1. The molecule has 0 unspecified atom stereocenters. The maximum atomic E-state index is 5.72. The summed E-state index contributed by atoms with van der Waals surface area (Å²) in [5.74, 6) is 1.92. The molecule has 0 amide bonds. The number of piperazine rings is 1. The number of nitrogens with zero attached hydrogens (tertiary/aromatic N) is 3. The minimum atomic E-state index is 0.0821. The van der Waals surface area contributed by atoms with Crippen molar-refractivity contribution in [3.05, 3.63) is 59.7 Å². The van der Waals surface area contributed by atoms with E-state index in [1.54, 1.807) is 7.11 Å². The summed E-state index contributed by atoms with van der Waals surface area (Å²) in [5, 5.41) is 3.73. The Morgan fingerprint density at radius 2 is 1.72 bits per heavy atom. The summed E-state index contributed by atoms with van der Waals surface area (Å²) in [6, 6.07) is 17.1. The Balaban J connectivity index is 1.42. The van der Waals surface area contributed by atoms with Crippen molar-refractivity contribution < 1.29 is 9.47 Å². The number of hydrogen-bond acceptors (Lipinski definition) is 4. The molecule has 0 atom stereocenters. The summed E-state index contributed by atoms with van der Waals surface area (Å²) < 4.78 is 11.3. The van der Waals surface area contributed by atoms with Crippen molar-refractivity contribution in [3.63, 3.8) is 0 Å². The van der Waals surface area contributed by atoms with E-state index in [9.17, 15) is 0 Å². The van der Waals surface area contributed by atoms with Crippen molar-refractivity contribution in [2.45, 2.75) is 25.2 Å². The van der Waals surface area contributed by atoms with Gasteiger partial charge in [-0.2, -0.15) is 0 Å². The van der Waals surface area contributed by atoms with E-state index < -0.39 is 0 Å². The molecule has 2 aliphatic rings. The minimum absolute atomic E-state index is 0.0821. The van der Waals surface area contributed by atoms with E-state index in [0.717, 1.165) is 70.5 Å². The molecule has 0 bridgehead atoms. The van der Waals surface area contributed by atoms with Crippen molar-refractivity contribution in [2.24, 2.45) is 4.99 Å². The van der Waals surface area contributed by atoms with Crippen LogP contribution in [0.25, 0.3) is 0 Å². The van der Waals surface area contributed by atoms with Gasteiger partial charge in [0.1, 0.15) is 5.75 Å². The predicted octanol–water partition coefficient (Wildman–Crippen LogP) is 3.45. The fraction of sp³-hybridized carbons (Fsp3) is 0.500. The summed E-state index contributed by atoms with van der Waals surface area (Å²) in [6.07, 6.45) is 2.06. The number of methoxy groups -OCH3 is 1. The first kappa shape index (κ1) is 22.5. The maximum absolute atomic E-state index is 5.72. The molecule has 6 nitrogen and oxygen atoms in total. The van der Waals surface area contributed by atoms with Crippen molar-refractivity contribution >= 4 is 11.6 Å². The number of rotatable bonds is 5. The maximum Gasteiger partial charge on any atom is 0.193 e. The van der Waals surface area contributed by atoms with Crippen molar-refractivity contribution in [2.75, 3.05) is 65.0 Å². The number of hydrogen-bond donors (Lipinski definition) is 1. The number of guanidine groups is 1. The molecule has 2 saturated heterocycles. The van der Waals surface area contributed by atoms with Crippen LogP contribution in [0, 0.1) is 6.92 Å². The number of para-hydroxylation sites is 2. The number of anilines is 1. The quantitative estimate of drug-likeness (QED) is 0.575. The molecule has 0 radical (unpaired) electrons. The highest BCUT2D eigenvalue weighted by atomic mass is 16.5. The van der Waals surface area contributed by atoms with Crippen LogP contribution in [0.15, 0.2) is 53.5 Å². The topological polar surface area (TPSA) is 49.3 Å². The molecule has 2 fully saturated rings. The summed E-state index contributed by atoms with van der Waals surface area (Å²) >= 11 is 0. The van der Waals surface area contributed by atoms with E-state index in [0.29, 0.717) is 0 Å². The van der Waals surface area contributed by atoms with Gasteiger partial charge in [0, 0.05) is 58.4 Å². The smallest absolute Gasteiger partial charge is 0.193 e. The molecular weight excluding hydrogens is 400 g/mol. The normalized spacial score (nSPS) is 19.0. The molecule has 4 rings (SSSR count). The van der Waals surface area contributed by atoms with E-state index in [-0.39, 0.29) is 5.41 Å².